The number of esters is 1. The van der Waals surface area contributed by atoms with Crippen LogP contribution in [0.15, 0.2) is 35.2 Å². The molecule has 6 heteroatoms. The molecule has 3 atom stereocenters. The number of ether oxygens (including phenoxy) is 1. The Bertz CT molecular complexity index is 877. The fraction of sp³-hybridized carbons (Fsp3) is 0.690. The van der Waals surface area contributed by atoms with E-state index in [0.29, 0.717) is 6.42 Å². The molecule has 0 saturated carbocycles. The van der Waals surface area contributed by atoms with Crippen molar-refractivity contribution in [1.29, 1.82) is 0 Å². The molecular formula is C29H48O3SSi2. The maximum Gasteiger partial charge on any atom is 0.323 e. The summed E-state index contributed by atoms with van der Waals surface area (Å²) in [5.41, 5.74) is 3.47. The molecule has 0 amide bonds. The van der Waals surface area contributed by atoms with Gasteiger partial charge in [0.05, 0.1) is 0 Å². The van der Waals surface area contributed by atoms with Crippen molar-refractivity contribution in [3.8, 4) is 11.5 Å². The van der Waals surface area contributed by atoms with Crippen LogP contribution in [0.2, 0.25) is 37.8 Å². The smallest absolute Gasteiger partial charge is 0.323 e. The Labute approximate surface area is 221 Å². The molecule has 1 aromatic carbocycles. The van der Waals surface area contributed by atoms with Crippen LogP contribution in [-0.4, -0.2) is 39.3 Å². The first-order valence-electron chi connectivity index (χ1n) is 13.3. The summed E-state index contributed by atoms with van der Waals surface area (Å²) >= 11 is 1.67. The number of cyclic esters (lactones) is 1. The van der Waals surface area contributed by atoms with E-state index in [4.69, 9.17) is 9.16 Å². The molecule has 1 fully saturated rings. The van der Waals surface area contributed by atoms with Crippen LogP contribution in [0.25, 0.3) is 0 Å². The van der Waals surface area contributed by atoms with E-state index in [1.54, 1.807) is 11.8 Å². The van der Waals surface area contributed by atoms with Gasteiger partial charge in [-0.1, -0.05) is 71.5 Å². The lowest BCUT2D eigenvalue weighted by Gasteiger charge is -2.41. The van der Waals surface area contributed by atoms with Gasteiger partial charge >= 0.3 is 5.97 Å². The fourth-order valence-corrected chi connectivity index (χ4v) is 7.65. The zero-order valence-electron chi connectivity index (χ0n) is 23.6. The molecular weight excluding hydrogens is 485 g/mol. The van der Waals surface area contributed by atoms with Crippen molar-refractivity contribution < 1.29 is 14.0 Å². The van der Waals surface area contributed by atoms with Crippen molar-refractivity contribution in [2.45, 2.75) is 132 Å². The summed E-state index contributed by atoms with van der Waals surface area (Å²) in [6.07, 6.45) is 6.78. The van der Waals surface area contributed by atoms with Crippen LogP contribution in [0.1, 0.15) is 72.6 Å². The van der Waals surface area contributed by atoms with Crippen molar-refractivity contribution in [2.75, 3.05) is 0 Å². The molecule has 0 spiro atoms. The predicted octanol–water partition coefficient (Wildman–Crippen LogP) is 8.46. The van der Waals surface area contributed by atoms with Crippen molar-refractivity contribution in [2.24, 2.45) is 0 Å². The third kappa shape index (κ3) is 9.76. The second-order valence-electron chi connectivity index (χ2n) is 12.7. The van der Waals surface area contributed by atoms with Crippen molar-refractivity contribution >= 4 is 34.1 Å². The molecule has 0 unspecified atom stereocenters. The number of benzene rings is 1. The third-order valence-electron chi connectivity index (χ3n) is 6.97. The van der Waals surface area contributed by atoms with Crippen molar-refractivity contribution in [1.82, 2.24) is 0 Å². The number of hydrogen-bond donors (Lipinski definition) is 0. The molecule has 0 radical (unpaired) electrons. The summed E-state index contributed by atoms with van der Waals surface area (Å²) in [6.45, 7) is 20.4. The van der Waals surface area contributed by atoms with Gasteiger partial charge in [0.1, 0.15) is 18.9 Å². The van der Waals surface area contributed by atoms with E-state index < -0.39 is 21.1 Å². The van der Waals surface area contributed by atoms with Crippen LogP contribution in [-0.2, 0) is 14.0 Å². The molecule has 1 aromatic rings. The number of hydrogen-bond acceptors (Lipinski definition) is 4. The number of carbonyl (C=O) groups is 1. The minimum absolute atomic E-state index is 0.0537. The Morgan fingerprint density at radius 2 is 1.77 bits per heavy atom. The molecule has 1 heterocycles. The minimum Gasteiger partial charge on any atom is -0.462 e. The van der Waals surface area contributed by atoms with E-state index in [1.165, 1.54) is 0 Å². The van der Waals surface area contributed by atoms with E-state index in [-0.39, 0.29) is 23.2 Å². The Kier molecular flexibility index (Phi) is 10.8. The first-order chi connectivity index (χ1) is 16.1. The van der Waals surface area contributed by atoms with Crippen LogP contribution >= 0.6 is 11.8 Å². The van der Waals surface area contributed by atoms with Gasteiger partial charge in [-0.05, 0) is 56.5 Å². The Balaban J connectivity index is 2.15. The summed E-state index contributed by atoms with van der Waals surface area (Å²) in [7, 11) is -3.27. The van der Waals surface area contributed by atoms with Gasteiger partial charge in [-0.25, -0.2) is 0 Å². The third-order valence-corrected chi connectivity index (χ3v) is 13.8. The second kappa shape index (κ2) is 12.5. The van der Waals surface area contributed by atoms with Gasteiger partial charge in [0.15, 0.2) is 8.32 Å². The van der Waals surface area contributed by atoms with E-state index in [9.17, 15) is 4.79 Å². The van der Waals surface area contributed by atoms with Crippen molar-refractivity contribution in [3.05, 3.63) is 30.3 Å². The maximum absolute atomic E-state index is 13.2. The first-order valence-corrected chi connectivity index (χ1v) is 20.5. The highest BCUT2D eigenvalue weighted by Gasteiger charge is 2.51. The van der Waals surface area contributed by atoms with E-state index in [0.717, 1.165) is 43.4 Å². The zero-order valence-corrected chi connectivity index (χ0v) is 26.4. The zero-order chi connectivity index (χ0) is 26.3. The number of unbranched alkanes of at least 4 members (excludes halogenated alkanes) is 3. The summed E-state index contributed by atoms with van der Waals surface area (Å²) in [5, 5.41) is 0.126. The van der Waals surface area contributed by atoms with E-state index in [1.807, 2.05) is 25.1 Å². The normalized spacial score (nSPS) is 21.9. The average molecular weight is 533 g/mol. The molecule has 0 bridgehead atoms. The minimum atomic E-state index is -1.99. The number of rotatable bonds is 11. The van der Waals surface area contributed by atoms with Gasteiger partial charge in [0.25, 0.3) is 0 Å². The van der Waals surface area contributed by atoms with Crippen LogP contribution < -0.4 is 0 Å². The molecule has 1 saturated heterocycles. The molecule has 2 rings (SSSR count). The average Bonchev–Trinajstić information content (AvgIpc) is 2.98. The monoisotopic (exact) mass is 532 g/mol. The van der Waals surface area contributed by atoms with Gasteiger partial charge in [0, 0.05) is 23.8 Å². The molecule has 35 heavy (non-hydrogen) atoms. The molecule has 1 aliphatic heterocycles. The molecule has 0 N–H and O–H groups in total. The predicted molar refractivity (Wildman–Crippen MR) is 156 cm³/mol. The lowest BCUT2D eigenvalue weighted by molar-refractivity contribution is -0.143. The Morgan fingerprint density at radius 1 is 1.11 bits per heavy atom. The highest BCUT2D eigenvalue weighted by Crippen LogP contribution is 2.47. The highest BCUT2D eigenvalue weighted by molar-refractivity contribution is 8.01. The quantitative estimate of drug-likeness (QED) is 0.124. The Hall–Kier alpha value is -1.01. The maximum atomic E-state index is 13.2. The van der Waals surface area contributed by atoms with Gasteiger partial charge < -0.3 is 9.16 Å². The second-order valence-corrected chi connectivity index (χ2v) is 23.6. The van der Waals surface area contributed by atoms with Gasteiger partial charge in [-0.2, -0.15) is 0 Å². The van der Waals surface area contributed by atoms with Crippen LogP contribution in [0.5, 0.6) is 0 Å². The van der Waals surface area contributed by atoms with Crippen molar-refractivity contribution in [3.63, 3.8) is 0 Å². The molecule has 0 aromatic heterocycles. The van der Waals surface area contributed by atoms with E-state index >= 15 is 0 Å². The summed E-state index contributed by atoms with van der Waals surface area (Å²) < 4.78 is 12.1. The largest absolute Gasteiger partial charge is 0.462 e. The van der Waals surface area contributed by atoms with Gasteiger partial charge in [0.2, 0.25) is 0 Å². The highest BCUT2D eigenvalue weighted by atomic mass is 32.2. The van der Waals surface area contributed by atoms with Crippen LogP contribution in [0, 0.1) is 11.5 Å². The molecule has 1 aliphatic rings. The fourth-order valence-electron chi connectivity index (χ4n) is 4.14. The molecule has 0 aliphatic carbocycles. The Morgan fingerprint density at radius 3 is 2.31 bits per heavy atom. The molecule has 196 valence electrons. The summed E-state index contributed by atoms with van der Waals surface area (Å²) in [6, 6.07) is 10.3. The van der Waals surface area contributed by atoms with Gasteiger partial charge in [-0.3, -0.25) is 4.79 Å². The lowest BCUT2D eigenvalue weighted by atomic mass is 9.94. The summed E-state index contributed by atoms with van der Waals surface area (Å²) in [4.78, 5) is 14.4. The topological polar surface area (TPSA) is 35.5 Å². The number of carbonyl (C=O) groups excluding carboxylic acids is 1. The van der Waals surface area contributed by atoms with Crippen LogP contribution in [0.3, 0.4) is 0 Å². The summed E-state index contributed by atoms with van der Waals surface area (Å²) in [5.74, 6) is 3.32. The van der Waals surface area contributed by atoms with Gasteiger partial charge in [-0.15, -0.1) is 23.2 Å². The number of thioether (sulfide) groups is 1. The standard InChI is InChI=1S/C29H48O3SSi2/c1-24-22-29(27(30)31-24,33-26-19-15-13-16-20-26)23-25(32-35(8,9)28(2,3)4)18-14-11-10-12-17-21-34(5,6)7/h13,15-16,19-20,24-25H,10-12,14,18,22-23H2,1-9H3/t24-,25+,29-/m1/s1. The van der Waals surface area contributed by atoms with E-state index in [2.05, 4.69) is 77.1 Å². The lowest BCUT2D eigenvalue weighted by Crippen LogP contribution is -2.46. The SMILES string of the molecule is C[C@@H]1C[C@](C[C@H](CCCCCC#C[Si](C)(C)C)O[Si](C)(C)C(C)(C)C)(Sc2ccccc2)C(=O)O1. The van der Waals surface area contributed by atoms with Crippen LogP contribution in [0.4, 0.5) is 0 Å². The molecule has 3 nitrogen and oxygen atoms in total. The first kappa shape index (κ1) is 30.2.